The normalized spacial score (nSPS) is 13.1. The largest absolute Gasteiger partial charge is 0.416 e. The van der Waals surface area contributed by atoms with Crippen molar-refractivity contribution >= 4 is 12.4 Å². The van der Waals surface area contributed by atoms with Crippen LogP contribution >= 0.6 is 12.4 Å². The fourth-order valence-corrected chi connectivity index (χ4v) is 1.40. The van der Waals surface area contributed by atoms with Crippen LogP contribution in [0, 0.1) is 0 Å². The number of hydrogen-bond donors (Lipinski definition) is 1. The van der Waals surface area contributed by atoms with Crippen LogP contribution in [-0.4, -0.2) is 0 Å². The molecule has 0 aliphatic heterocycles. The Hall–Kier alpha value is -0.740. The summed E-state index contributed by atoms with van der Waals surface area (Å²) >= 11 is 0. The van der Waals surface area contributed by atoms with E-state index in [-0.39, 0.29) is 18.4 Å². The second kappa shape index (κ2) is 6.11. The molecule has 0 spiro atoms. The van der Waals surface area contributed by atoms with Crippen LogP contribution in [0.15, 0.2) is 24.3 Å². The molecule has 0 aliphatic rings. The zero-order valence-corrected chi connectivity index (χ0v) is 9.74. The van der Waals surface area contributed by atoms with Gasteiger partial charge in [0.15, 0.2) is 0 Å². The van der Waals surface area contributed by atoms with Crippen LogP contribution in [0.1, 0.15) is 36.9 Å². The molecule has 0 unspecified atom stereocenters. The highest BCUT2D eigenvalue weighted by atomic mass is 35.5. The number of rotatable bonds is 3. The molecule has 1 aromatic carbocycles. The Morgan fingerprint density at radius 1 is 1.19 bits per heavy atom. The van der Waals surface area contributed by atoms with Gasteiger partial charge in [-0.3, -0.25) is 0 Å². The Balaban J connectivity index is 0.00000225. The van der Waals surface area contributed by atoms with Gasteiger partial charge in [0, 0.05) is 6.04 Å². The summed E-state index contributed by atoms with van der Waals surface area (Å²) in [6.45, 7) is 1.99. The molecule has 1 atom stereocenters. The van der Waals surface area contributed by atoms with Gasteiger partial charge < -0.3 is 5.73 Å². The van der Waals surface area contributed by atoms with Crippen molar-refractivity contribution in [3.63, 3.8) is 0 Å². The van der Waals surface area contributed by atoms with Crippen molar-refractivity contribution < 1.29 is 13.2 Å². The smallest absolute Gasteiger partial charge is 0.324 e. The second-order valence-electron chi connectivity index (χ2n) is 3.51. The van der Waals surface area contributed by atoms with Gasteiger partial charge in [0.1, 0.15) is 0 Å². The first-order valence-electron chi connectivity index (χ1n) is 4.88. The Morgan fingerprint density at radius 2 is 1.69 bits per heavy atom. The first-order chi connectivity index (χ1) is 6.95. The number of halogens is 4. The molecular weight excluding hydrogens is 239 g/mol. The molecule has 0 heterocycles. The maximum Gasteiger partial charge on any atom is 0.416 e. The lowest BCUT2D eigenvalue weighted by atomic mass is 10.0. The van der Waals surface area contributed by atoms with Gasteiger partial charge in [0.05, 0.1) is 5.56 Å². The Labute approximate surface area is 99.2 Å². The topological polar surface area (TPSA) is 26.0 Å². The fourth-order valence-electron chi connectivity index (χ4n) is 1.40. The Kier molecular flexibility index (Phi) is 5.83. The van der Waals surface area contributed by atoms with Crippen molar-refractivity contribution in [2.45, 2.75) is 32.0 Å². The third-order valence-corrected chi connectivity index (χ3v) is 2.27. The second-order valence-corrected chi connectivity index (χ2v) is 3.51. The van der Waals surface area contributed by atoms with Crippen molar-refractivity contribution in [3.8, 4) is 0 Å². The summed E-state index contributed by atoms with van der Waals surface area (Å²) in [6.07, 6.45) is -2.57. The van der Waals surface area contributed by atoms with E-state index in [2.05, 4.69) is 0 Å². The third-order valence-electron chi connectivity index (χ3n) is 2.27. The molecule has 0 fully saturated rings. The van der Waals surface area contributed by atoms with E-state index < -0.39 is 11.7 Å². The lowest BCUT2D eigenvalue weighted by Crippen LogP contribution is -2.11. The summed E-state index contributed by atoms with van der Waals surface area (Å²) in [5, 5.41) is 0. The van der Waals surface area contributed by atoms with Crippen LogP contribution < -0.4 is 5.73 Å². The average Bonchev–Trinajstić information content (AvgIpc) is 2.17. The van der Waals surface area contributed by atoms with Crippen LogP contribution in [0.3, 0.4) is 0 Å². The first kappa shape index (κ1) is 15.3. The molecule has 92 valence electrons. The highest BCUT2D eigenvalue weighted by Gasteiger charge is 2.30. The first-order valence-corrected chi connectivity index (χ1v) is 4.88. The molecule has 5 heteroatoms. The molecule has 0 saturated heterocycles. The lowest BCUT2D eigenvalue weighted by Gasteiger charge is -2.12. The third kappa shape index (κ3) is 4.02. The summed E-state index contributed by atoms with van der Waals surface area (Å²) < 4.78 is 36.7. The molecule has 0 saturated carbocycles. The van der Waals surface area contributed by atoms with Gasteiger partial charge in [-0.1, -0.05) is 25.5 Å². The minimum atomic E-state index is -4.27. The molecule has 1 aromatic rings. The molecule has 16 heavy (non-hydrogen) atoms. The van der Waals surface area contributed by atoms with E-state index in [1.807, 2.05) is 6.92 Å². The Bertz CT molecular complexity index is 308. The van der Waals surface area contributed by atoms with E-state index >= 15 is 0 Å². The van der Waals surface area contributed by atoms with E-state index in [0.29, 0.717) is 0 Å². The van der Waals surface area contributed by atoms with Crippen LogP contribution in [-0.2, 0) is 6.18 Å². The predicted molar refractivity (Wildman–Crippen MR) is 60.5 cm³/mol. The summed E-state index contributed by atoms with van der Waals surface area (Å²) in [4.78, 5) is 0. The van der Waals surface area contributed by atoms with E-state index in [4.69, 9.17) is 5.73 Å². The summed E-state index contributed by atoms with van der Waals surface area (Å²) in [5.74, 6) is 0. The monoisotopic (exact) mass is 253 g/mol. The molecule has 1 nitrogen and oxygen atoms in total. The number of benzene rings is 1. The quantitative estimate of drug-likeness (QED) is 0.868. The van der Waals surface area contributed by atoms with Crippen LogP contribution in [0.2, 0.25) is 0 Å². The zero-order chi connectivity index (χ0) is 11.5. The number of alkyl halides is 3. The van der Waals surface area contributed by atoms with Gasteiger partial charge in [-0.2, -0.15) is 13.2 Å². The van der Waals surface area contributed by atoms with Crippen LogP contribution in [0.4, 0.5) is 13.2 Å². The van der Waals surface area contributed by atoms with Gasteiger partial charge in [-0.15, -0.1) is 12.4 Å². The lowest BCUT2D eigenvalue weighted by molar-refractivity contribution is -0.137. The van der Waals surface area contributed by atoms with Crippen molar-refractivity contribution in [3.05, 3.63) is 35.4 Å². The molecule has 1 rings (SSSR count). The van der Waals surface area contributed by atoms with E-state index in [9.17, 15) is 13.2 Å². The Morgan fingerprint density at radius 3 is 2.06 bits per heavy atom. The van der Waals surface area contributed by atoms with E-state index in [1.165, 1.54) is 12.1 Å². The molecule has 0 bridgehead atoms. The summed E-state index contributed by atoms with van der Waals surface area (Å²) in [7, 11) is 0. The van der Waals surface area contributed by atoms with Crippen molar-refractivity contribution in [1.82, 2.24) is 0 Å². The molecule has 0 aliphatic carbocycles. The van der Waals surface area contributed by atoms with Crippen LogP contribution in [0.25, 0.3) is 0 Å². The van der Waals surface area contributed by atoms with Gasteiger partial charge >= 0.3 is 6.18 Å². The molecule has 2 N–H and O–H groups in total. The standard InChI is InChI=1S/C11H14F3N.ClH/c1-2-3-10(15)8-4-6-9(7-5-8)11(12,13)14;/h4-7,10H,2-3,15H2,1H3;1H/t10-;/m0./s1. The number of nitrogens with two attached hydrogens (primary N) is 1. The summed E-state index contributed by atoms with van der Waals surface area (Å²) in [6, 6.07) is 4.87. The SMILES string of the molecule is CCC[C@H](N)c1ccc(C(F)(F)F)cc1.Cl. The van der Waals surface area contributed by atoms with E-state index in [1.54, 1.807) is 0 Å². The molecular formula is C11H15ClF3N. The maximum atomic E-state index is 12.2. The van der Waals surface area contributed by atoms with Crippen LogP contribution in [0.5, 0.6) is 0 Å². The zero-order valence-electron chi connectivity index (χ0n) is 8.92. The predicted octanol–water partition coefficient (Wildman–Crippen LogP) is 3.93. The van der Waals surface area contributed by atoms with Gasteiger partial charge in [-0.25, -0.2) is 0 Å². The number of hydrogen-bond acceptors (Lipinski definition) is 1. The molecule has 0 amide bonds. The fraction of sp³-hybridized carbons (Fsp3) is 0.455. The molecule has 0 radical (unpaired) electrons. The van der Waals surface area contributed by atoms with E-state index in [0.717, 1.165) is 30.5 Å². The van der Waals surface area contributed by atoms with Crippen molar-refractivity contribution in [2.24, 2.45) is 5.73 Å². The van der Waals surface area contributed by atoms with Crippen molar-refractivity contribution in [1.29, 1.82) is 0 Å². The average molecular weight is 254 g/mol. The van der Waals surface area contributed by atoms with Gasteiger partial charge in [0.25, 0.3) is 0 Å². The van der Waals surface area contributed by atoms with Crippen molar-refractivity contribution in [2.75, 3.05) is 0 Å². The summed E-state index contributed by atoms with van der Waals surface area (Å²) in [5.41, 5.74) is 5.91. The highest BCUT2D eigenvalue weighted by Crippen LogP contribution is 2.30. The van der Waals surface area contributed by atoms with Gasteiger partial charge in [-0.05, 0) is 24.1 Å². The minimum absolute atomic E-state index is 0. The highest BCUT2D eigenvalue weighted by molar-refractivity contribution is 5.85. The van der Waals surface area contributed by atoms with Gasteiger partial charge in [0.2, 0.25) is 0 Å². The maximum absolute atomic E-state index is 12.2. The molecule has 0 aromatic heterocycles. The minimum Gasteiger partial charge on any atom is -0.324 e.